The number of aryl methyl sites for hydroxylation is 1. The average Bonchev–Trinajstić information content (AvgIpc) is 2.67. The molecule has 144 valence electrons. The van der Waals surface area contributed by atoms with Gasteiger partial charge in [-0.25, -0.2) is 0 Å². The van der Waals surface area contributed by atoms with Crippen LogP contribution in [0.5, 0.6) is 5.75 Å². The molecular weight excluding hydrogens is 336 g/mol. The van der Waals surface area contributed by atoms with Gasteiger partial charge in [-0.05, 0) is 61.6 Å². The molecule has 1 aliphatic rings. The van der Waals surface area contributed by atoms with Gasteiger partial charge in [0.25, 0.3) is 0 Å². The van der Waals surface area contributed by atoms with Gasteiger partial charge in [-0.1, -0.05) is 26.0 Å². The molecule has 0 spiro atoms. The molecule has 1 fully saturated rings. The largest absolute Gasteiger partial charge is 0.497 e. The lowest BCUT2D eigenvalue weighted by Crippen LogP contribution is -2.40. The van der Waals surface area contributed by atoms with Crippen molar-refractivity contribution < 1.29 is 9.53 Å². The van der Waals surface area contributed by atoms with Crippen molar-refractivity contribution in [2.45, 2.75) is 46.0 Å². The first-order valence-corrected chi connectivity index (χ1v) is 9.85. The van der Waals surface area contributed by atoms with Crippen LogP contribution >= 0.6 is 0 Å². The Hall–Kier alpha value is -2.36. The second-order valence-electron chi connectivity index (χ2n) is 7.82. The number of rotatable bonds is 5. The van der Waals surface area contributed by atoms with E-state index in [1.807, 2.05) is 30.9 Å². The predicted molar refractivity (Wildman–Crippen MR) is 108 cm³/mol. The van der Waals surface area contributed by atoms with Crippen LogP contribution in [0.4, 0.5) is 0 Å². The molecule has 1 aliphatic heterocycles. The lowest BCUT2D eigenvalue weighted by molar-refractivity contribution is -0.135. The van der Waals surface area contributed by atoms with E-state index in [4.69, 9.17) is 9.72 Å². The number of hydrogen-bond donors (Lipinski definition) is 0. The summed E-state index contributed by atoms with van der Waals surface area (Å²) in [6.07, 6.45) is 2.86. The minimum atomic E-state index is 0.0770. The van der Waals surface area contributed by atoms with Crippen LogP contribution in [0.1, 0.15) is 55.1 Å². The zero-order chi connectivity index (χ0) is 19.4. The number of carbonyl (C=O) groups excluding carboxylic acids is 1. The lowest BCUT2D eigenvalue weighted by Gasteiger charge is -2.33. The molecule has 1 aromatic carbocycles. The first-order chi connectivity index (χ1) is 13.0. The third-order valence-electron chi connectivity index (χ3n) is 5.29. The smallest absolute Gasteiger partial charge is 0.225 e. The van der Waals surface area contributed by atoms with Gasteiger partial charge in [0, 0.05) is 36.3 Å². The third kappa shape index (κ3) is 4.88. The minimum Gasteiger partial charge on any atom is -0.497 e. The number of likely N-dealkylation sites (tertiary alicyclic amines) is 1. The Morgan fingerprint density at radius 2 is 1.93 bits per heavy atom. The summed E-state index contributed by atoms with van der Waals surface area (Å²) in [5, 5.41) is 0. The number of ether oxygens (including phenoxy) is 1. The van der Waals surface area contributed by atoms with Gasteiger partial charge in [0.2, 0.25) is 5.91 Å². The van der Waals surface area contributed by atoms with Crippen molar-refractivity contribution in [2.24, 2.45) is 5.92 Å². The Morgan fingerprint density at radius 3 is 2.59 bits per heavy atom. The molecule has 0 radical (unpaired) electrons. The first-order valence-electron chi connectivity index (χ1n) is 9.85. The van der Waals surface area contributed by atoms with E-state index in [1.165, 1.54) is 16.8 Å². The van der Waals surface area contributed by atoms with E-state index in [0.717, 1.165) is 43.8 Å². The quantitative estimate of drug-likeness (QED) is 0.790. The molecule has 2 aromatic rings. The number of nitrogens with zero attached hydrogens (tertiary/aromatic N) is 2. The highest BCUT2D eigenvalue weighted by atomic mass is 16.5. The number of pyridine rings is 1. The van der Waals surface area contributed by atoms with Gasteiger partial charge in [0.15, 0.2) is 0 Å². The van der Waals surface area contributed by atoms with E-state index in [9.17, 15) is 4.79 Å². The molecule has 1 amide bonds. The molecule has 0 bridgehead atoms. The van der Waals surface area contributed by atoms with E-state index in [1.54, 1.807) is 7.11 Å². The van der Waals surface area contributed by atoms with Crippen LogP contribution in [0.2, 0.25) is 0 Å². The van der Waals surface area contributed by atoms with E-state index >= 15 is 0 Å². The molecular formula is C23H30N2O2. The van der Waals surface area contributed by atoms with Gasteiger partial charge in [0.1, 0.15) is 5.75 Å². The standard InChI is InChI=1S/C23H30N2O2/c1-16(2)23(26)25-10-8-20(9-11-25)22-15-19(12-17(3)24-22)13-18-6-5-7-21(14-18)27-4/h5-7,12,14-16,20H,8-11,13H2,1-4H3. The molecule has 4 nitrogen and oxygen atoms in total. The molecule has 0 aliphatic carbocycles. The van der Waals surface area contributed by atoms with Crippen LogP contribution in [-0.4, -0.2) is 36.0 Å². The molecule has 1 saturated heterocycles. The van der Waals surface area contributed by atoms with Gasteiger partial charge in [-0.2, -0.15) is 0 Å². The summed E-state index contributed by atoms with van der Waals surface area (Å²) in [5.41, 5.74) is 4.75. The van der Waals surface area contributed by atoms with Crippen LogP contribution < -0.4 is 4.74 Å². The Morgan fingerprint density at radius 1 is 1.19 bits per heavy atom. The van der Waals surface area contributed by atoms with E-state index in [-0.39, 0.29) is 11.8 Å². The first kappa shape index (κ1) is 19.4. The normalized spacial score (nSPS) is 15.2. The highest BCUT2D eigenvalue weighted by Crippen LogP contribution is 2.29. The van der Waals surface area contributed by atoms with E-state index < -0.39 is 0 Å². The Kier molecular flexibility index (Phi) is 6.15. The van der Waals surface area contributed by atoms with Crippen molar-refractivity contribution in [1.82, 2.24) is 9.88 Å². The monoisotopic (exact) mass is 366 g/mol. The number of carbonyl (C=O) groups is 1. The van der Waals surface area contributed by atoms with Gasteiger partial charge >= 0.3 is 0 Å². The molecule has 0 atom stereocenters. The van der Waals surface area contributed by atoms with E-state index in [2.05, 4.69) is 31.2 Å². The highest BCUT2D eigenvalue weighted by Gasteiger charge is 2.26. The Balaban J connectivity index is 1.71. The van der Waals surface area contributed by atoms with Crippen LogP contribution in [0.25, 0.3) is 0 Å². The molecule has 3 rings (SSSR count). The summed E-state index contributed by atoms with van der Waals surface area (Å²) in [4.78, 5) is 19.0. The SMILES string of the molecule is COc1cccc(Cc2cc(C)nc(C3CCN(C(=O)C(C)C)CC3)c2)c1. The van der Waals surface area contributed by atoms with E-state index in [0.29, 0.717) is 5.92 Å². The fourth-order valence-corrected chi connectivity index (χ4v) is 3.86. The van der Waals surface area contributed by atoms with Gasteiger partial charge < -0.3 is 9.64 Å². The summed E-state index contributed by atoms with van der Waals surface area (Å²) in [6.45, 7) is 7.68. The topological polar surface area (TPSA) is 42.4 Å². The lowest BCUT2D eigenvalue weighted by atomic mass is 9.91. The van der Waals surface area contributed by atoms with Crippen molar-refractivity contribution in [3.63, 3.8) is 0 Å². The summed E-state index contributed by atoms with van der Waals surface area (Å²) in [6, 6.07) is 12.6. The van der Waals surface area contributed by atoms with Gasteiger partial charge in [0.05, 0.1) is 7.11 Å². The molecule has 0 unspecified atom stereocenters. The third-order valence-corrected chi connectivity index (χ3v) is 5.29. The number of benzene rings is 1. The maximum absolute atomic E-state index is 12.2. The molecule has 27 heavy (non-hydrogen) atoms. The molecule has 0 N–H and O–H groups in total. The van der Waals surface area contributed by atoms with Crippen molar-refractivity contribution in [3.8, 4) is 5.75 Å². The second-order valence-corrected chi connectivity index (χ2v) is 7.82. The molecule has 2 heterocycles. The van der Waals surface area contributed by atoms with Crippen LogP contribution in [-0.2, 0) is 11.2 Å². The Bertz CT molecular complexity index is 793. The van der Waals surface area contributed by atoms with Crippen molar-refractivity contribution in [2.75, 3.05) is 20.2 Å². The van der Waals surface area contributed by atoms with Gasteiger partial charge in [-0.15, -0.1) is 0 Å². The van der Waals surface area contributed by atoms with Crippen LogP contribution in [0.3, 0.4) is 0 Å². The number of methoxy groups -OCH3 is 1. The predicted octanol–water partition coefficient (Wildman–Crippen LogP) is 4.35. The van der Waals surface area contributed by atoms with Gasteiger partial charge in [-0.3, -0.25) is 9.78 Å². The number of amides is 1. The number of piperidine rings is 1. The highest BCUT2D eigenvalue weighted by molar-refractivity contribution is 5.78. The zero-order valence-electron chi connectivity index (χ0n) is 16.9. The fourth-order valence-electron chi connectivity index (χ4n) is 3.86. The molecule has 1 aromatic heterocycles. The maximum atomic E-state index is 12.2. The average molecular weight is 367 g/mol. The van der Waals surface area contributed by atoms with Crippen molar-refractivity contribution in [3.05, 3.63) is 58.9 Å². The molecule has 4 heteroatoms. The van der Waals surface area contributed by atoms with Crippen molar-refractivity contribution >= 4 is 5.91 Å². The maximum Gasteiger partial charge on any atom is 0.225 e. The summed E-state index contributed by atoms with van der Waals surface area (Å²) < 4.78 is 5.34. The number of hydrogen-bond acceptors (Lipinski definition) is 3. The van der Waals surface area contributed by atoms with Crippen LogP contribution in [0, 0.1) is 12.8 Å². The number of aromatic nitrogens is 1. The second kappa shape index (κ2) is 8.55. The zero-order valence-corrected chi connectivity index (χ0v) is 16.9. The summed E-state index contributed by atoms with van der Waals surface area (Å²) in [5.74, 6) is 1.67. The Labute approximate surface area is 162 Å². The molecule has 0 saturated carbocycles. The van der Waals surface area contributed by atoms with Crippen molar-refractivity contribution in [1.29, 1.82) is 0 Å². The van der Waals surface area contributed by atoms with Crippen LogP contribution in [0.15, 0.2) is 36.4 Å². The fraction of sp³-hybridized carbons (Fsp3) is 0.478. The summed E-state index contributed by atoms with van der Waals surface area (Å²) >= 11 is 0. The summed E-state index contributed by atoms with van der Waals surface area (Å²) in [7, 11) is 1.70. The minimum absolute atomic E-state index is 0.0770.